The first-order chi connectivity index (χ1) is 11.2. The molecule has 3 rings (SSSR count). The Bertz CT molecular complexity index is 567. The number of guanidine groups is 1. The van der Waals surface area contributed by atoms with Gasteiger partial charge in [0.1, 0.15) is 11.5 Å². The summed E-state index contributed by atoms with van der Waals surface area (Å²) in [4.78, 5) is 4.66. The molecule has 3 N–H and O–H groups in total. The number of ether oxygens (including phenoxy) is 2. The Kier molecular flexibility index (Phi) is 4.94. The van der Waals surface area contributed by atoms with Gasteiger partial charge in [-0.3, -0.25) is 0 Å². The van der Waals surface area contributed by atoms with Crippen LogP contribution in [0.15, 0.2) is 23.2 Å². The smallest absolute Gasteiger partial charge is 0.193 e. The highest BCUT2D eigenvalue weighted by Gasteiger charge is 2.43. The number of nitrogens with two attached hydrogens (primary N) is 1. The van der Waals surface area contributed by atoms with Crippen molar-refractivity contribution in [2.24, 2.45) is 22.6 Å². The summed E-state index contributed by atoms with van der Waals surface area (Å²) in [5.41, 5.74) is 6.88. The number of anilines is 1. The van der Waals surface area contributed by atoms with E-state index in [0.29, 0.717) is 12.0 Å². The predicted octanol–water partition coefficient (Wildman–Crippen LogP) is 3.40. The molecular formula is C18H27N3O2. The van der Waals surface area contributed by atoms with Crippen LogP contribution in [-0.4, -0.2) is 26.2 Å². The lowest BCUT2D eigenvalue weighted by Gasteiger charge is -2.21. The molecule has 126 valence electrons. The van der Waals surface area contributed by atoms with E-state index >= 15 is 0 Å². The molecule has 0 bridgehead atoms. The molecule has 0 heterocycles. The molecule has 5 nitrogen and oxygen atoms in total. The van der Waals surface area contributed by atoms with Crippen molar-refractivity contribution in [3.8, 4) is 11.5 Å². The summed E-state index contributed by atoms with van der Waals surface area (Å²) in [5.74, 6) is 3.54. The average Bonchev–Trinajstić information content (AvgIpc) is 3.34. The number of hydrogen-bond donors (Lipinski definition) is 2. The number of aliphatic imine (C=N–C) groups is 1. The fraction of sp³-hybridized carbons (Fsp3) is 0.611. The monoisotopic (exact) mass is 317 g/mol. The van der Waals surface area contributed by atoms with E-state index in [4.69, 9.17) is 15.2 Å². The van der Waals surface area contributed by atoms with Crippen LogP contribution in [0.2, 0.25) is 0 Å². The van der Waals surface area contributed by atoms with Crippen molar-refractivity contribution in [3.63, 3.8) is 0 Å². The summed E-state index contributed by atoms with van der Waals surface area (Å²) in [5, 5.41) is 3.15. The summed E-state index contributed by atoms with van der Waals surface area (Å²) in [6.45, 7) is 0. The van der Waals surface area contributed by atoms with Crippen LogP contribution in [0.1, 0.15) is 38.5 Å². The van der Waals surface area contributed by atoms with Gasteiger partial charge in [0.05, 0.1) is 25.9 Å². The molecule has 2 atom stereocenters. The quantitative estimate of drug-likeness (QED) is 0.645. The number of nitrogens with zero attached hydrogens (tertiary/aromatic N) is 1. The Morgan fingerprint density at radius 1 is 1.17 bits per heavy atom. The first-order valence-corrected chi connectivity index (χ1v) is 8.53. The average molecular weight is 317 g/mol. The van der Waals surface area contributed by atoms with Crippen LogP contribution in [0.25, 0.3) is 0 Å². The minimum absolute atomic E-state index is 0.391. The normalized spacial score (nSPS) is 25.0. The Morgan fingerprint density at radius 3 is 2.65 bits per heavy atom. The van der Waals surface area contributed by atoms with E-state index < -0.39 is 0 Å². The molecule has 2 unspecified atom stereocenters. The summed E-state index contributed by atoms with van der Waals surface area (Å²) >= 11 is 0. The number of methoxy groups -OCH3 is 2. The standard InChI is InChI=1S/C18H27N3O2/c1-22-13-8-9-17(23-2)16(10-13)21-18(19)20-15-11-14(15)12-6-4-3-5-7-12/h8-10,12,14-15H,3-7,11H2,1-2H3,(H3,19,20,21). The van der Waals surface area contributed by atoms with Crippen molar-refractivity contribution in [2.45, 2.75) is 44.6 Å². The molecule has 2 aliphatic rings. The van der Waals surface area contributed by atoms with Gasteiger partial charge >= 0.3 is 0 Å². The fourth-order valence-electron chi connectivity index (χ4n) is 3.68. The lowest BCUT2D eigenvalue weighted by atomic mass is 9.85. The van der Waals surface area contributed by atoms with Crippen LogP contribution >= 0.6 is 0 Å². The van der Waals surface area contributed by atoms with Crippen molar-refractivity contribution in [3.05, 3.63) is 18.2 Å². The zero-order chi connectivity index (χ0) is 16.2. The third-order valence-electron chi connectivity index (χ3n) is 5.03. The molecule has 0 radical (unpaired) electrons. The summed E-state index contributed by atoms with van der Waals surface area (Å²) in [6.07, 6.45) is 8.08. The summed E-state index contributed by atoms with van der Waals surface area (Å²) in [7, 11) is 3.28. The maximum Gasteiger partial charge on any atom is 0.193 e. The fourth-order valence-corrected chi connectivity index (χ4v) is 3.68. The second-order valence-electron chi connectivity index (χ2n) is 6.57. The molecule has 2 fully saturated rings. The topological polar surface area (TPSA) is 68.9 Å². The summed E-state index contributed by atoms with van der Waals surface area (Å²) in [6, 6.07) is 5.97. The van der Waals surface area contributed by atoms with Gasteiger partial charge in [0.15, 0.2) is 5.96 Å². The van der Waals surface area contributed by atoms with Crippen molar-refractivity contribution in [1.29, 1.82) is 0 Å². The SMILES string of the molecule is COc1ccc(OC)c(NC(N)=NC2CC2C2CCCCC2)c1. The Labute approximate surface area is 138 Å². The lowest BCUT2D eigenvalue weighted by Crippen LogP contribution is -2.24. The molecule has 0 aromatic heterocycles. The molecule has 0 spiro atoms. The highest BCUT2D eigenvalue weighted by molar-refractivity contribution is 5.94. The van der Waals surface area contributed by atoms with E-state index in [1.54, 1.807) is 14.2 Å². The van der Waals surface area contributed by atoms with Gasteiger partial charge in [0, 0.05) is 6.07 Å². The Balaban J connectivity index is 1.62. The van der Waals surface area contributed by atoms with Gasteiger partial charge in [-0.2, -0.15) is 0 Å². The third kappa shape index (κ3) is 3.89. The first kappa shape index (κ1) is 16.0. The second kappa shape index (κ2) is 7.11. The molecule has 0 saturated heterocycles. The highest BCUT2D eigenvalue weighted by Crippen LogP contribution is 2.46. The summed E-state index contributed by atoms with van der Waals surface area (Å²) < 4.78 is 10.6. The minimum atomic E-state index is 0.391. The van der Waals surface area contributed by atoms with Crippen LogP contribution in [0, 0.1) is 11.8 Å². The van der Waals surface area contributed by atoms with Gasteiger partial charge in [0.25, 0.3) is 0 Å². The van der Waals surface area contributed by atoms with E-state index in [2.05, 4.69) is 10.3 Å². The molecule has 2 saturated carbocycles. The number of rotatable bonds is 5. The van der Waals surface area contributed by atoms with E-state index in [1.165, 1.54) is 38.5 Å². The molecule has 2 aliphatic carbocycles. The lowest BCUT2D eigenvalue weighted by molar-refractivity contribution is 0.318. The van der Waals surface area contributed by atoms with Gasteiger partial charge in [0.2, 0.25) is 0 Å². The van der Waals surface area contributed by atoms with Gasteiger partial charge in [-0.15, -0.1) is 0 Å². The zero-order valence-corrected chi connectivity index (χ0v) is 14.0. The first-order valence-electron chi connectivity index (χ1n) is 8.53. The van der Waals surface area contributed by atoms with Gasteiger partial charge < -0.3 is 20.5 Å². The molecule has 0 amide bonds. The van der Waals surface area contributed by atoms with Crippen LogP contribution in [-0.2, 0) is 0 Å². The van der Waals surface area contributed by atoms with E-state index in [9.17, 15) is 0 Å². The zero-order valence-electron chi connectivity index (χ0n) is 14.0. The van der Waals surface area contributed by atoms with Gasteiger partial charge in [-0.25, -0.2) is 4.99 Å². The van der Waals surface area contributed by atoms with Crippen LogP contribution in [0.4, 0.5) is 5.69 Å². The van der Waals surface area contributed by atoms with Gasteiger partial charge in [-0.05, 0) is 30.4 Å². The Morgan fingerprint density at radius 2 is 1.96 bits per heavy atom. The maximum absolute atomic E-state index is 6.10. The highest BCUT2D eigenvalue weighted by atomic mass is 16.5. The van der Waals surface area contributed by atoms with Crippen LogP contribution < -0.4 is 20.5 Å². The second-order valence-corrected chi connectivity index (χ2v) is 6.57. The van der Waals surface area contributed by atoms with Gasteiger partial charge in [-0.1, -0.05) is 32.1 Å². The van der Waals surface area contributed by atoms with Crippen molar-refractivity contribution in [1.82, 2.24) is 0 Å². The van der Waals surface area contributed by atoms with E-state index in [0.717, 1.165) is 29.0 Å². The molecule has 1 aromatic rings. The molecule has 0 aliphatic heterocycles. The number of hydrogen-bond acceptors (Lipinski definition) is 3. The molecule has 5 heteroatoms. The molecular weight excluding hydrogens is 290 g/mol. The van der Waals surface area contributed by atoms with E-state index in [1.807, 2.05) is 18.2 Å². The molecule has 23 heavy (non-hydrogen) atoms. The molecule has 1 aromatic carbocycles. The predicted molar refractivity (Wildman–Crippen MR) is 93.3 cm³/mol. The van der Waals surface area contributed by atoms with Crippen molar-refractivity contribution < 1.29 is 9.47 Å². The third-order valence-corrected chi connectivity index (χ3v) is 5.03. The van der Waals surface area contributed by atoms with Crippen LogP contribution in [0.5, 0.6) is 11.5 Å². The van der Waals surface area contributed by atoms with E-state index in [-0.39, 0.29) is 0 Å². The maximum atomic E-state index is 6.10. The van der Waals surface area contributed by atoms with Crippen LogP contribution in [0.3, 0.4) is 0 Å². The Hall–Kier alpha value is -1.91. The number of benzene rings is 1. The van der Waals surface area contributed by atoms with Crippen molar-refractivity contribution >= 4 is 11.6 Å². The minimum Gasteiger partial charge on any atom is -0.497 e. The van der Waals surface area contributed by atoms with Crippen molar-refractivity contribution in [2.75, 3.05) is 19.5 Å². The largest absolute Gasteiger partial charge is 0.497 e. The number of nitrogens with one attached hydrogen (secondary N) is 1.